The van der Waals surface area contributed by atoms with Crippen molar-refractivity contribution in [2.24, 2.45) is 0 Å². The number of esters is 1. The lowest BCUT2D eigenvalue weighted by molar-refractivity contribution is -0.136. The number of fused-ring (bicyclic) bond motifs is 1. The maximum atomic E-state index is 12.4. The normalized spacial score (nSPS) is 17.7. The summed E-state index contributed by atoms with van der Waals surface area (Å²) >= 11 is 0. The molecule has 0 bridgehead atoms. The number of benzene rings is 1. The zero-order valence-electron chi connectivity index (χ0n) is 12.6. The summed E-state index contributed by atoms with van der Waals surface area (Å²) in [7, 11) is 1.25. The molecule has 118 valence electrons. The van der Waals surface area contributed by atoms with E-state index < -0.39 is 18.0 Å². The molecule has 1 aliphatic heterocycles. The van der Waals surface area contributed by atoms with E-state index in [0.717, 1.165) is 5.39 Å². The molecule has 0 radical (unpaired) electrons. The molecule has 7 nitrogen and oxygen atoms in total. The molecule has 0 unspecified atom stereocenters. The van der Waals surface area contributed by atoms with Crippen LogP contribution in [0.2, 0.25) is 0 Å². The smallest absolute Gasteiger partial charge is 0.337 e. The van der Waals surface area contributed by atoms with Gasteiger partial charge in [-0.1, -0.05) is 18.2 Å². The first-order chi connectivity index (χ1) is 11.0. The lowest BCUT2D eigenvalue weighted by Gasteiger charge is -2.27. The van der Waals surface area contributed by atoms with Crippen LogP contribution in [0, 0.1) is 0 Å². The Morgan fingerprint density at radius 1 is 1.22 bits per heavy atom. The second-order valence-electron chi connectivity index (χ2n) is 5.20. The molecule has 0 spiro atoms. The Hall–Kier alpha value is -3.09. The number of rotatable bonds is 2. The Morgan fingerprint density at radius 2 is 1.96 bits per heavy atom. The Bertz CT molecular complexity index is 898. The van der Waals surface area contributed by atoms with Crippen LogP contribution in [0.4, 0.5) is 4.79 Å². The summed E-state index contributed by atoms with van der Waals surface area (Å²) in [6, 6.07) is 7.59. The van der Waals surface area contributed by atoms with E-state index in [9.17, 15) is 14.4 Å². The summed E-state index contributed by atoms with van der Waals surface area (Å²) in [4.78, 5) is 39.0. The highest BCUT2D eigenvalue weighted by Crippen LogP contribution is 2.26. The molecule has 1 aliphatic rings. The number of amides is 2. The number of ether oxygens (including phenoxy) is 1. The van der Waals surface area contributed by atoms with E-state index in [2.05, 4.69) is 15.6 Å². The first-order valence-electron chi connectivity index (χ1n) is 7.00. The van der Waals surface area contributed by atoms with Crippen LogP contribution in [0.25, 0.3) is 10.9 Å². The minimum absolute atomic E-state index is 0.202. The third-order valence-corrected chi connectivity index (χ3v) is 3.77. The zero-order chi connectivity index (χ0) is 16.6. The van der Waals surface area contributed by atoms with Crippen LogP contribution >= 0.6 is 0 Å². The highest BCUT2D eigenvalue weighted by Gasteiger charge is 2.33. The maximum absolute atomic E-state index is 12.4. The molecule has 3 N–H and O–H groups in total. The van der Waals surface area contributed by atoms with E-state index in [-0.39, 0.29) is 16.7 Å². The van der Waals surface area contributed by atoms with Gasteiger partial charge >= 0.3 is 12.0 Å². The minimum atomic E-state index is -0.871. The average Bonchev–Trinajstić information content (AvgIpc) is 2.52. The fraction of sp³-hybridized carbons (Fsp3) is 0.188. The number of aromatic nitrogens is 1. The van der Waals surface area contributed by atoms with Crippen molar-refractivity contribution >= 4 is 22.9 Å². The fourth-order valence-electron chi connectivity index (χ4n) is 2.69. The Balaban J connectivity index is 2.20. The molecule has 1 aromatic heterocycles. The summed E-state index contributed by atoms with van der Waals surface area (Å²) in [5.41, 5.74) is 1.15. The first-order valence-corrected chi connectivity index (χ1v) is 7.00. The number of pyridine rings is 1. The van der Waals surface area contributed by atoms with Gasteiger partial charge in [-0.15, -0.1) is 0 Å². The van der Waals surface area contributed by atoms with Crippen molar-refractivity contribution in [3.05, 3.63) is 57.5 Å². The summed E-state index contributed by atoms with van der Waals surface area (Å²) in [6.45, 7) is 1.59. The number of nitrogens with one attached hydrogen (secondary N) is 3. The number of H-pyrrole nitrogens is 1. The molecule has 1 atom stereocenters. The van der Waals surface area contributed by atoms with E-state index >= 15 is 0 Å². The predicted octanol–water partition coefficient (Wildman–Crippen LogP) is 1.33. The van der Waals surface area contributed by atoms with Crippen LogP contribution in [0.3, 0.4) is 0 Å². The van der Waals surface area contributed by atoms with Gasteiger partial charge in [-0.2, -0.15) is 0 Å². The van der Waals surface area contributed by atoms with Crippen molar-refractivity contribution in [1.82, 2.24) is 15.6 Å². The first kappa shape index (κ1) is 14.8. The van der Waals surface area contributed by atoms with Gasteiger partial charge < -0.3 is 20.4 Å². The van der Waals surface area contributed by atoms with Crippen molar-refractivity contribution in [3.8, 4) is 0 Å². The molecule has 0 fully saturated rings. The molecule has 7 heteroatoms. The summed E-state index contributed by atoms with van der Waals surface area (Å²) in [5, 5.41) is 5.93. The molecule has 2 amide bonds. The maximum Gasteiger partial charge on any atom is 0.337 e. The molecular formula is C16H15N3O4. The van der Waals surface area contributed by atoms with Crippen LogP contribution in [0.1, 0.15) is 18.5 Å². The lowest BCUT2D eigenvalue weighted by Crippen LogP contribution is -2.46. The second kappa shape index (κ2) is 5.60. The van der Waals surface area contributed by atoms with Gasteiger partial charge in [0.25, 0.3) is 5.56 Å². The number of urea groups is 1. The van der Waals surface area contributed by atoms with Gasteiger partial charge in [-0.05, 0) is 24.4 Å². The van der Waals surface area contributed by atoms with Gasteiger partial charge in [-0.3, -0.25) is 4.79 Å². The van der Waals surface area contributed by atoms with Crippen LogP contribution in [0.5, 0.6) is 0 Å². The SMILES string of the molecule is COC(=O)C1=C(C)NC(=O)N[C@@H]1c1cc2ccccc2[nH]c1=O. The molecular weight excluding hydrogens is 298 g/mol. The van der Waals surface area contributed by atoms with Crippen molar-refractivity contribution in [3.63, 3.8) is 0 Å². The fourth-order valence-corrected chi connectivity index (χ4v) is 2.69. The highest BCUT2D eigenvalue weighted by atomic mass is 16.5. The van der Waals surface area contributed by atoms with Gasteiger partial charge in [0.2, 0.25) is 0 Å². The van der Waals surface area contributed by atoms with E-state index in [1.807, 2.05) is 18.2 Å². The molecule has 2 aromatic rings. The number of methoxy groups -OCH3 is 1. The van der Waals surface area contributed by atoms with Crippen molar-refractivity contribution in [1.29, 1.82) is 0 Å². The van der Waals surface area contributed by atoms with E-state index in [1.54, 1.807) is 19.1 Å². The number of hydrogen-bond acceptors (Lipinski definition) is 4. The summed E-state index contributed by atoms with van der Waals surface area (Å²) in [5.74, 6) is -0.604. The third-order valence-electron chi connectivity index (χ3n) is 3.77. The second-order valence-corrected chi connectivity index (χ2v) is 5.20. The van der Waals surface area contributed by atoms with E-state index in [1.165, 1.54) is 7.11 Å². The van der Waals surface area contributed by atoms with Crippen molar-refractivity contribution < 1.29 is 14.3 Å². The monoisotopic (exact) mass is 313 g/mol. The van der Waals surface area contributed by atoms with E-state index in [0.29, 0.717) is 11.2 Å². The number of hydrogen-bond donors (Lipinski definition) is 3. The van der Waals surface area contributed by atoms with Gasteiger partial charge in [0.1, 0.15) is 0 Å². The van der Waals surface area contributed by atoms with Crippen LogP contribution in [0.15, 0.2) is 46.4 Å². The molecule has 0 saturated carbocycles. The van der Waals surface area contributed by atoms with Crippen molar-refractivity contribution in [2.45, 2.75) is 13.0 Å². The number of allylic oxidation sites excluding steroid dienone is 1. The summed E-state index contributed by atoms with van der Waals surface area (Å²) < 4.78 is 4.77. The van der Waals surface area contributed by atoms with Gasteiger partial charge in [-0.25, -0.2) is 9.59 Å². The number of carbonyl (C=O) groups excluding carboxylic acids is 2. The summed E-state index contributed by atoms with van der Waals surface area (Å²) in [6.07, 6.45) is 0. The quantitative estimate of drug-likeness (QED) is 0.728. The van der Waals surface area contributed by atoms with Crippen LogP contribution in [-0.2, 0) is 9.53 Å². The predicted molar refractivity (Wildman–Crippen MR) is 83.7 cm³/mol. The van der Waals surface area contributed by atoms with E-state index in [4.69, 9.17) is 4.74 Å². The molecule has 0 saturated heterocycles. The van der Waals surface area contributed by atoms with Gasteiger partial charge in [0, 0.05) is 16.8 Å². The van der Waals surface area contributed by atoms with Crippen LogP contribution < -0.4 is 16.2 Å². The number of para-hydroxylation sites is 1. The number of aromatic amines is 1. The Morgan fingerprint density at radius 3 is 2.70 bits per heavy atom. The largest absolute Gasteiger partial charge is 0.466 e. The van der Waals surface area contributed by atoms with Crippen LogP contribution in [-0.4, -0.2) is 24.1 Å². The van der Waals surface area contributed by atoms with Gasteiger partial charge in [0.15, 0.2) is 0 Å². The topological polar surface area (TPSA) is 100 Å². The average molecular weight is 313 g/mol. The molecule has 1 aromatic carbocycles. The molecule has 23 heavy (non-hydrogen) atoms. The lowest BCUT2D eigenvalue weighted by atomic mass is 9.95. The standard InChI is InChI=1S/C16H15N3O4/c1-8-12(15(21)23-2)13(19-16(22)17-8)10-7-9-5-3-4-6-11(9)18-14(10)20/h3-7,13H,1-2H3,(H,18,20)(H2,17,19,22)/t13-/m1/s1. The Kier molecular flexibility index (Phi) is 3.61. The molecule has 3 rings (SSSR count). The number of carbonyl (C=O) groups is 2. The van der Waals surface area contributed by atoms with Gasteiger partial charge in [0.05, 0.1) is 18.7 Å². The molecule has 0 aliphatic carbocycles. The Labute approximate surface area is 131 Å². The zero-order valence-corrected chi connectivity index (χ0v) is 12.6. The molecule has 2 heterocycles. The highest BCUT2D eigenvalue weighted by molar-refractivity contribution is 5.95. The van der Waals surface area contributed by atoms with Crippen molar-refractivity contribution in [2.75, 3.05) is 7.11 Å². The third kappa shape index (κ3) is 2.57. The minimum Gasteiger partial charge on any atom is -0.466 e.